The number of halogens is 1. The molecule has 0 fully saturated rings. The van der Waals surface area contributed by atoms with Crippen molar-refractivity contribution >= 4 is 23.3 Å². The van der Waals surface area contributed by atoms with Crippen molar-refractivity contribution in [1.82, 2.24) is 15.2 Å². The largest absolute Gasteiger partial charge is 0.496 e. The number of pyridine rings is 1. The number of rotatable bonds is 5. The number of carbonyl (C=O) groups excluding carboxylic acids is 1. The Balaban J connectivity index is 1.58. The van der Waals surface area contributed by atoms with Crippen LogP contribution in [0.15, 0.2) is 63.8 Å². The van der Waals surface area contributed by atoms with E-state index in [0.29, 0.717) is 33.5 Å². The summed E-state index contributed by atoms with van der Waals surface area (Å²) in [6.45, 7) is 0. The van der Waals surface area contributed by atoms with E-state index in [4.69, 9.17) is 25.2 Å². The van der Waals surface area contributed by atoms with Crippen molar-refractivity contribution in [3.8, 4) is 28.9 Å². The van der Waals surface area contributed by atoms with Crippen molar-refractivity contribution < 1.29 is 18.4 Å². The highest BCUT2D eigenvalue weighted by Crippen LogP contribution is 2.26. The highest BCUT2D eigenvalue weighted by Gasteiger charge is 2.16. The van der Waals surface area contributed by atoms with Gasteiger partial charge in [0.1, 0.15) is 11.6 Å². The fourth-order valence-electron chi connectivity index (χ4n) is 2.51. The van der Waals surface area contributed by atoms with Crippen LogP contribution in [0, 0.1) is 0 Å². The fraction of sp³-hybridized carbons (Fsp3) is 0.0526. The molecule has 28 heavy (non-hydrogen) atoms. The molecule has 9 heteroatoms. The fourth-order valence-corrected chi connectivity index (χ4v) is 2.69. The molecule has 0 radical (unpaired) electrons. The SMILES string of the molecule is COc1ccc(Cl)cc1C(=O)Nc1cc(-c2nnc(-c3ccco3)o2)ccn1. The monoisotopic (exact) mass is 396 g/mol. The maximum Gasteiger partial charge on any atom is 0.283 e. The van der Waals surface area contributed by atoms with Gasteiger partial charge in [0, 0.05) is 16.8 Å². The van der Waals surface area contributed by atoms with E-state index in [1.54, 1.807) is 36.4 Å². The zero-order valence-electron chi connectivity index (χ0n) is 14.5. The van der Waals surface area contributed by atoms with Crippen LogP contribution in [0.1, 0.15) is 10.4 Å². The second-order valence-electron chi connectivity index (χ2n) is 5.62. The molecule has 140 valence electrons. The van der Waals surface area contributed by atoms with E-state index in [1.165, 1.54) is 25.6 Å². The number of benzene rings is 1. The molecule has 3 aromatic heterocycles. The summed E-state index contributed by atoms with van der Waals surface area (Å²) in [5.74, 6) is 1.29. The molecule has 1 aromatic carbocycles. The lowest BCUT2D eigenvalue weighted by atomic mass is 10.2. The van der Waals surface area contributed by atoms with Gasteiger partial charge in [-0.2, -0.15) is 0 Å². The molecule has 3 heterocycles. The van der Waals surface area contributed by atoms with Gasteiger partial charge in [-0.05, 0) is 42.5 Å². The zero-order valence-corrected chi connectivity index (χ0v) is 15.3. The van der Waals surface area contributed by atoms with Crippen LogP contribution in [-0.4, -0.2) is 28.2 Å². The average Bonchev–Trinajstić information content (AvgIpc) is 3.40. The molecule has 1 amide bonds. The first kappa shape index (κ1) is 17.7. The zero-order chi connectivity index (χ0) is 19.5. The number of ether oxygens (including phenoxy) is 1. The Morgan fingerprint density at radius 3 is 2.79 bits per heavy atom. The molecule has 0 saturated carbocycles. The third-order valence-corrected chi connectivity index (χ3v) is 4.05. The summed E-state index contributed by atoms with van der Waals surface area (Å²) in [4.78, 5) is 16.8. The van der Waals surface area contributed by atoms with E-state index < -0.39 is 5.91 Å². The molecule has 0 spiro atoms. The third-order valence-electron chi connectivity index (χ3n) is 3.81. The Morgan fingerprint density at radius 2 is 2.00 bits per heavy atom. The molecule has 0 saturated heterocycles. The molecule has 8 nitrogen and oxygen atoms in total. The summed E-state index contributed by atoms with van der Waals surface area (Å²) in [6.07, 6.45) is 3.04. The number of furan rings is 1. The van der Waals surface area contributed by atoms with E-state index in [1.807, 2.05) is 0 Å². The van der Waals surface area contributed by atoms with Crippen LogP contribution in [0.25, 0.3) is 23.1 Å². The Morgan fingerprint density at radius 1 is 1.14 bits per heavy atom. The number of hydrogen-bond acceptors (Lipinski definition) is 7. The molecule has 0 bridgehead atoms. The summed E-state index contributed by atoms with van der Waals surface area (Å²) in [5.41, 5.74) is 0.883. The summed E-state index contributed by atoms with van der Waals surface area (Å²) in [5, 5.41) is 11.1. The molecule has 4 aromatic rings. The number of anilines is 1. The number of nitrogens with one attached hydrogen (secondary N) is 1. The lowest BCUT2D eigenvalue weighted by Gasteiger charge is -2.09. The maximum atomic E-state index is 12.6. The smallest absolute Gasteiger partial charge is 0.283 e. The normalized spacial score (nSPS) is 10.6. The maximum absolute atomic E-state index is 12.6. The van der Waals surface area contributed by atoms with Gasteiger partial charge in [0.25, 0.3) is 11.8 Å². The van der Waals surface area contributed by atoms with Crippen molar-refractivity contribution in [2.75, 3.05) is 12.4 Å². The minimum atomic E-state index is -0.411. The van der Waals surface area contributed by atoms with E-state index in [-0.39, 0.29) is 11.8 Å². The number of methoxy groups -OCH3 is 1. The number of nitrogens with zero attached hydrogens (tertiary/aromatic N) is 3. The quantitative estimate of drug-likeness (QED) is 0.536. The Labute approximate surface area is 164 Å². The number of aromatic nitrogens is 3. The lowest BCUT2D eigenvalue weighted by molar-refractivity contribution is 0.102. The summed E-state index contributed by atoms with van der Waals surface area (Å²) in [7, 11) is 1.48. The Hall–Kier alpha value is -3.65. The van der Waals surface area contributed by atoms with Crippen LogP contribution < -0.4 is 10.1 Å². The first-order valence-electron chi connectivity index (χ1n) is 8.13. The van der Waals surface area contributed by atoms with E-state index in [9.17, 15) is 4.79 Å². The summed E-state index contributed by atoms with van der Waals surface area (Å²) in [6, 6.07) is 11.5. The van der Waals surface area contributed by atoms with Gasteiger partial charge < -0.3 is 18.9 Å². The van der Waals surface area contributed by atoms with Crippen LogP contribution in [0.3, 0.4) is 0 Å². The van der Waals surface area contributed by atoms with Crippen LogP contribution >= 0.6 is 11.6 Å². The standard InChI is InChI=1S/C19H13ClN4O4/c1-26-14-5-4-12(20)10-13(14)17(25)22-16-9-11(6-7-21-16)18-23-24-19(28-18)15-3-2-8-27-15/h2-10H,1H3,(H,21,22,25). The van der Waals surface area contributed by atoms with Gasteiger partial charge >= 0.3 is 0 Å². The molecule has 0 aliphatic heterocycles. The van der Waals surface area contributed by atoms with Crippen molar-refractivity contribution in [3.05, 3.63) is 65.5 Å². The predicted octanol–water partition coefficient (Wildman–Crippen LogP) is 4.31. The second-order valence-corrected chi connectivity index (χ2v) is 6.05. The molecule has 1 N–H and O–H groups in total. The molecule has 0 atom stereocenters. The summed E-state index contributed by atoms with van der Waals surface area (Å²) >= 11 is 5.98. The van der Waals surface area contributed by atoms with Gasteiger partial charge in [0.05, 0.1) is 18.9 Å². The topological polar surface area (TPSA) is 103 Å². The molecule has 0 aliphatic carbocycles. The van der Waals surface area contributed by atoms with Crippen molar-refractivity contribution in [1.29, 1.82) is 0 Å². The summed E-state index contributed by atoms with van der Waals surface area (Å²) < 4.78 is 16.1. The van der Waals surface area contributed by atoms with Crippen molar-refractivity contribution in [2.24, 2.45) is 0 Å². The van der Waals surface area contributed by atoms with E-state index in [0.717, 1.165) is 0 Å². The predicted molar refractivity (Wildman–Crippen MR) is 101 cm³/mol. The molecule has 4 rings (SSSR count). The van der Waals surface area contributed by atoms with Crippen LogP contribution in [-0.2, 0) is 0 Å². The van der Waals surface area contributed by atoms with Gasteiger partial charge in [-0.1, -0.05) is 11.6 Å². The molecular formula is C19H13ClN4O4. The minimum absolute atomic E-state index is 0.256. The number of carbonyl (C=O) groups is 1. The highest BCUT2D eigenvalue weighted by molar-refractivity contribution is 6.31. The number of hydrogen-bond donors (Lipinski definition) is 1. The third kappa shape index (κ3) is 3.58. The Bertz CT molecular complexity index is 1120. The van der Waals surface area contributed by atoms with Gasteiger partial charge in [-0.25, -0.2) is 4.98 Å². The second kappa shape index (κ2) is 7.53. The van der Waals surface area contributed by atoms with Gasteiger partial charge in [0.15, 0.2) is 5.76 Å². The minimum Gasteiger partial charge on any atom is -0.496 e. The van der Waals surface area contributed by atoms with Crippen LogP contribution in [0.4, 0.5) is 5.82 Å². The van der Waals surface area contributed by atoms with Gasteiger partial charge in [-0.15, -0.1) is 10.2 Å². The van der Waals surface area contributed by atoms with Crippen LogP contribution in [0.5, 0.6) is 5.75 Å². The molecule has 0 aliphatic rings. The first-order chi connectivity index (χ1) is 13.6. The molecule has 0 unspecified atom stereocenters. The van der Waals surface area contributed by atoms with Gasteiger partial charge in [0.2, 0.25) is 5.89 Å². The van der Waals surface area contributed by atoms with Crippen molar-refractivity contribution in [2.45, 2.75) is 0 Å². The highest BCUT2D eigenvalue weighted by atomic mass is 35.5. The Kier molecular flexibility index (Phi) is 4.77. The number of amides is 1. The van der Waals surface area contributed by atoms with Gasteiger partial charge in [-0.3, -0.25) is 4.79 Å². The van der Waals surface area contributed by atoms with Crippen molar-refractivity contribution in [3.63, 3.8) is 0 Å². The lowest BCUT2D eigenvalue weighted by Crippen LogP contribution is -2.14. The van der Waals surface area contributed by atoms with E-state index >= 15 is 0 Å². The van der Waals surface area contributed by atoms with E-state index in [2.05, 4.69) is 20.5 Å². The first-order valence-corrected chi connectivity index (χ1v) is 8.50. The van der Waals surface area contributed by atoms with Crippen LogP contribution in [0.2, 0.25) is 5.02 Å². The molecular weight excluding hydrogens is 384 g/mol. The average molecular weight is 397 g/mol.